The highest BCUT2D eigenvalue weighted by molar-refractivity contribution is 7.99. The van der Waals surface area contributed by atoms with Crippen molar-refractivity contribution in [1.82, 2.24) is 20.2 Å². The van der Waals surface area contributed by atoms with Crippen LogP contribution in [0.3, 0.4) is 0 Å². The van der Waals surface area contributed by atoms with Crippen LogP contribution in [0.1, 0.15) is 5.56 Å². The molecule has 176 valence electrons. The molecule has 1 heterocycles. The number of hydrazone groups is 1. The van der Waals surface area contributed by atoms with Gasteiger partial charge >= 0.3 is 0 Å². The molecule has 4 rings (SSSR count). The molecule has 0 spiro atoms. The van der Waals surface area contributed by atoms with E-state index in [1.807, 2.05) is 65.2 Å². The predicted octanol–water partition coefficient (Wildman–Crippen LogP) is 2.31. The fourth-order valence-electron chi connectivity index (χ4n) is 3.14. The molecule has 1 aromatic heterocycles. The molecule has 35 heavy (non-hydrogen) atoms. The standard InChI is InChI=1S/C25H21N5O4S/c31-22(27-26-15-19-11-7-8-14-21(19)34-16-23(32)33)17-35-25-29-28-24(18-9-3-1-4-10-18)30(25)20-12-5-2-6-13-20/h1-15H,16-17H2,(H,27,31)(H,32,33)/p-1/b26-15-. The Balaban J connectivity index is 1.44. The fourth-order valence-corrected chi connectivity index (χ4v) is 3.88. The molecule has 4 aromatic rings. The van der Waals surface area contributed by atoms with Crippen LogP contribution >= 0.6 is 11.8 Å². The topological polar surface area (TPSA) is 122 Å². The Morgan fingerprint density at radius 2 is 1.66 bits per heavy atom. The van der Waals surface area contributed by atoms with Gasteiger partial charge in [-0.3, -0.25) is 9.36 Å². The van der Waals surface area contributed by atoms with Crippen LogP contribution in [0.25, 0.3) is 17.1 Å². The van der Waals surface area contributed by atoms with Gasteiger partial charge < -0.3 is 14.6 Å². The van der Waals surface area contributed by atoms with Gasteiger partial charge in [-0.1, -0.05) is 72.4 Å². The summed E-state index contributed by atoms with van der Waals surface area (Å²) in [6.07, 6.45) is 1.38. The summed E-state index contributed by atoms with van der Waals surface area (Å²) in [6.45, 7) is -0.582. The summed E-state index contributed by atoms with van der Waals surface area (Å²) >= 11 is 1.23. The van der Waals surface area contributed by atoms with E-state index in [9.17, 15) is 14.7 Å². The van der Waals surface area contributed by atoms with Crippen LogP contribution in [0.4, 0.5) is 0 Å². The lowest BCUT2D eigenvalue weighted by Gasteiger charge is -2.10. The van der Waals surface area contributed by atoms with E-state index in [4.69, 9.17) is 4.74 Å². The molecule has 3 aromatic carbocycles. The second-order valence-corrected chi connectivity index (χ2v) is 8.07. The molecule has 0 aliphatic heterocycles. The molecule has 0 fully saturated rings. The number of carboxylic acid groups (broad SMARTS) is 1. The van der Waals surface area contributed by atoms with Gasteiger partial charge in [-0.15, -0.1) is 10.2 Å². The monoisotopic (exact) mass is 486 g/mol. The van der Waals surface area contributed by atoms with Gasteiger partial charge in [0.25, 0.3) is 5.91 Å². The Morgan fingerprint density at radius 1 is 0.971 bits per heavy atom. The van der Waals surface area contributed by atoms with E-state index in [1.54, 1.807) is 24.3 Å². The summed E-state index contributed by atoms with van der Waals surface area (Å²) in [6, 6.07) is 26.1. The minimum atomic E-state index is -1.33. The highest BCUT2D eigenvalue weighted by Gasteiger charge is 2.17. The number of carboxylic acids is 1. The van der Waals surface area contributed by atoms with Crippen LogP contribution in [0.5, 0.6) is 5.75 Å². The Morgan fingerprint density at radius 3 is 2.40 bits per heavy atom. The third-order valence-corrected chi connectivity index (χ3v) is 5.60. The number of amides is 1. The van der Waals surface area contributed by atoms with Crippen molar-refractivity contribution in [3.8, 4) is 22.8 Å². The number of carbonyl (C=O) groups is 2. The van der Waals surface area contributed by atoms with Crippen LogP contribution in [-0.2, 0) is 9.59 Å². The van der Waals surface area contributed by atoms with Gasteiger partial charge in [0.15, 0.2) is 11.0 Å². The Bertz CT molecular complexity index is 1330. The van der Waals surface area contributed by atoms with Gasteiger partial charge in [0, 0.05) is 16.8 Å². The Hall–Kier alpha value is -4.44. The average Bonchev–Trinajstić information content (AvgIpc) is 3.32. The summed E-state index contributed by atoms with van der Waals surface area (Å²) in [5.74, 6) is -0.636. The zero-order valence-corrected chi connectivity index (χ0v) is 19.2. The van der Waals surface area contributed by atoms with Crippen LogP contribution in [0.15, 0.2) is 95.2 Å². The van der Waals surface area contributed by atoms with Crippen LogP contribution in [-0.4, -0.2) is 45.2 Å². The number of nitrogens with zero attached hydrogens (tertiary/aromatic N) is 4. The fraction of sp³-hybridized carbons (Fsp3) is 0.0800. The maximum atomic E-state index is 12.4. The van der Waals surface area contributed by atoms with E-state index in [0.717, 1.165) is 11.3 Å². The third kappa shape index (κ3) is 6.33. The van der Waals surface area contributed by atoms with Gasteiger partial charge in [-0.05, 0) is 24.3 Å². The smallest absolute Gasteiger partial charge is 0.250 e. The molecule has 0 atom stereocenters. The lowest BCUT2D eigenvalue weighted by Crippen LogP contribution is -2.29. The predicted molar refractivity (Wildman–Crippen MR) is 130 cm³/mol. The number of benzene rings is 3. The second-order valence-electron chi connectivity index (χ2n) is 7.12. The summed E-state index contributed by atoms with van der Waals surface area (Å²) in [5, 5.41) is 23.8. The number of hydrogen-bond acceptors (Lipinski definition) is 8. The van der Waals surface area contributed by atoms with Crippen molar-refractivity contribution < 1.29 is 19.4 Å². The first-order chi connectivity index (χ1) is 17.1. The quantitative estimate of drug-likeness (QED) is 0.207. The first kappa shape index (κ1) is 23.7. The van der Waals surface area contributed by atoms with E-state index in [-0.39, 0.29) is 11.7 Å². The molecular formula is C25H20N5O4S-. The molecule has 0 radical (unpaired) electrons. The summed E-state index contributed by atoms with van der Waals surface area (Å²) in [5.41, 5.74) is 4.76. The van der Waals surface area contributed by atoms with E-state index in [2.05, 4.69) is 20.7 Å². The summed E-state index contributed by atoms with van der Waals surface area (Å²) in [7, 11) is 0. The van der Waals surface area contributed by atoms with Gasteiger partial charge in [-0.25, -0.2) is 5.43 Å². The normalized spacial score (nSPS) is 10.9. The maximum Gasteiger partial charge on any atom is 0.250 e. The van der Waals surface area contributed by atoms with E-state index >= 15 is 0 Å². The SMILES string of the molecule is O=C([O-])COc1ccccc1/C=N\NC(=O)CSc1nnc(-c2ccccc2)n1-c1ccccc1. The van der Waals surface area contributed by atoms with E-state index in [1.165, 1.54) is 18.0 Å². The van der Waals surface area contributed by atoms with Crippen molar-refractivity contribution in [1.29, 1.82) is 0 Å². The molecule has 0 saturated carbocycles. The molecule has 1 amide bonds. The molecular weight excluding hydrogens is 466 g/mol. The summed E-state index contributed by atoms with van der Waals surface area (Å²) < 4.78 is 7.07. The zero-order chi connectivity index (χ0) is 24.5. The van der Waals surface area contributed by atoms with Crippen molar-refractivity contribution >= 4 is 29.9 Å². The molecule has 9 nitrogen and oxygen atoms in total. The van der Waals surface area contributed by atoms with Gasteiger partial charge in [0.1, 0.15) is 12.4 Å². The van der Waals surface area contributed by atoms with Crippen LogP contribution in [0.2, 0.25) is 0 Å². The van der Waals surface area contributed by atoms with Gasteiger partial charge in [0.2, 0.25) is 0 Å². The first-order valence-electron chi connectivity index (χ1n) is 10.5. The minimum Gasteiger partial charge on any atom is -0.546 e. The van der Waals surface area contributed by atoms with E-state index in [0.29, 0.717) is 22.3 Å². The highest BCUT2D eigenvalue weighted by atomic mass is 32.2. The Kier molecular flexibility index (Phi) is 7.87. The first-order valence-corrected chi connectivity index (χ1v) is 11.5. The van der Waals surface area contributed by atoms with Crippen molar-refractivity contribution in [3.05, 3.63) is 90.5 Å². The number of rotatable bonds is 10. The van der Waals surface area contributed by atoms with Crippen molar-refractivity contribution in [2.45, 2.75) is 5.16 Å². The van der Waals surface area contributed by atoms with Crippen molar-refractivity contribution in [3.63, 3.8) is 0 Å². The van der Waals surface area contributed by atoms with Crippen LogP contribution in [0, 0.1) is 0 Å². The lowest BCUT2D eigenvalue weighted by molar-refractivity contribution is -0.307. The summed E-state index contributed by atoms with van der Waals surface area (Å²) in [4.78, 5) is 23.0. The third-order valence-electron chi connectivity index (χ3n) is 4.67. The lowest BCUT2D eigenvalue weighted by atomic mass is 10.2. The molecule has 10 heteroatoms. The highest BCUT2D eigenvalue weighted by Crippen LogP contribution is 2.27. The molecule has 1 N–H and O–H groups in total. The molecule has 0 bridgehead atoms. The van der Waals surface area contributed by atoms with Gasteiger partial charge in [-0.2, -0.15) is 5.10 Å². The molecule has 0 aliphatic rings. The van der Waals surface area contributed by atoms with Crippen molar-refractivity contribution in [2.24, 2.45) is 5.10 Å². The second kappa shape index (κ2) is 11.6. The number of carbonyl (C=O) groups excluding carboxylic acids is 2. The number of ether oxygens (including phenoxy) is 1. The molecule has 0 aliphatic carbocycles. The molecule has 0 saturated heterocycles. The number of aromatic nitrogens is 3. The largest absolute Gasteiger partial charge is 0.546 e. The van der Waals surface area contributed by atoms with Crippen LogP contribution < -0.4 is 15.3 Å². The number of aliphatic carboxylic acids is 1. The molecule has 0 unspecified atom stereocenters. The number of hydrogen-bond donors (Lipinski definition) is 1. The number of para-hydroxylation sites is 2. The van der Waals surface area contributed by atoms with Gasteiger partial charge in [0.05, 0.1) is 17.9 Å². The van der Waals surface area contributed by atoms with E-state index < -0.39 is 12.6 Å². The number of nitrogens with one attached hydrogen (secondary N) is 1. The van der Waals surface area contributed by atoms with Crippen molar-refractivity contribution in [2.75, 3.05) is 12.4 Å². The Labute approximate surface area is 205 Å². The number of thioether (sulfide) groups is 1. The maximum absolute atomic E-state index is 12.4. The average molecular weight is 487 g/mol. The minimum absolute atomic E-state index is 0.0555. The zero-order valence-electron chi connectivity index (χ0n) is 18.4.